The number of furan rings is 1. The molecule has 4 heteroatoms. The third-order valence-electron chi connectivity index (χ3n) is 3.12. The number of aryl methyl sites for hydroxylation is 1. The first-order chi connectivity index (χ1) is 7.43. The van der Waals surface area contributed by atoms with Crippen LogP contribution in [0.5, 0.6) is 0 Å². The fraction of sp³-hybridized carbons (Fsp3) is 0.500. The van der Waals surface area contributed by atoms with E-state index in [2.05, 4.69) is 0 Å². The minimum Gasteiger partial charge on any atom is -0.456 e. The van der Waals surface area contributed by atoms with Gasteiger partial charge in [-0.2, -0.15) is 0 Å². The summed E-state index contributed by atoms with van der Waals surface area (Å²) in [4.78, 5) is 25.3. The van der Waals surface area contributed by atoms with Crippen LogP contribution >= 0.6 is 0 Å². The van der Waals surface area contributed by atoms with Crippen molar-refractivity contribution >= 4 is 11.7 Å². The monoisotopic (exact) mass is 221 g/mol. The Morgan fingerprint density at radius 1 is 1.44 bits per heavy atom. The zero-order chi connectivity index (χ0) is 11.9. The summed E-state index contributed by atoms with van der Waals surface area (Å²) in [7, 11) is 0. The van der Waals surface area contributed by atoms with E-state index >= 15 is 0 Å². The molecule has 1 aromatic rings. The summed E-state index contributed by atoms with van der Waals surface area (Å²) < 4.78 is 5.28. The molecule has 1 aliphatic heterocycles. The van der Waals surface area contributed by atoms with Gasteiger partial charge in [0, 0.05) is 13.0 Å². The SMILES string of the molecule is Cc1ccc(C(=O)N2CCC(=O)C2(C)C)o1. The van der Waals surface area contributed by atoms with E-state index in [0.29, 0.717) is 24.5 Å². The van der Waals surface area contributed by atoms with Crippen molar-refractivity contribution in [2.45, 2.75) is 32.7 Å². The molecule has 1 aromatic heterocycles. The number of amides is 1. The molecule has 0 unspecified atom stereocenters. The number of hydrogen-bond acceptors (Lipinski definition) is 3. The summed E-state index contributed by atoms with van der Waals surface area (Å²) in [6, 6.07) is 3.40. The Kier molecular flexibility index (Phi) is 2.37. The molecule has 0 radical (unpaired) electrons. The zero-order valence-corrected chi connectivity index (χ0v) is 9.74. The first kappa shape index (κ1) is 10.9. The fourth-order valence-electron chi connectivity index (χ4n) is 1.99. The quantitative estimate of drug-likeness (QED) is 0.726. The third kappa shape index (κ3) is 1.54. The normalized spacial score (nSPS) is 19.2. The van der Waals surface area contributed by atoms with Crippen LogP contribution in [-0.4, -0.2) is 28.7 Å². The number of rotatable bonds is 1. The second-order valence-electron chi connectivity index (χ2n) is 4.60. The minimum absolute atomic E-state index is 0.101. The highest BCUT2D eigenvalue weighted by Gasteiger charge is 2.43. The van der Waals surface area contributed by atoms with Gasteiger partial charge in [-0.15, -0.1) is 0 Å². The molecular formula is C12H15NO3. The van der Waals surface area contributed by atoms with Gasteiger partial charge in [-0.25, -0.2) is 0 Å². The summed E-state index contributed by atoms with van der Waals surface area (Å²) in [5.74, 6) is 0.903. The van der Waals surface area contributed by atoms with Crippen molar-refractivity contribution in [3.63, 3.8) is 0 Å². The zero-order valence-electron chi connectivity index (χ0n) is 9.74. The molecule has 0 atom stereocenters. The molecule has 0 spiro atoms. The van der Waals surface area contributed by atoms with Gasteiger partial charge in [-0.3, -0.25) is 9.59 Å². The smallest absolute Gasteiger partial charge is 0.290 e. The molecule has 16 heavy (non-hydrogen) atoms. The van der Waals surface area contributed by atoms with Gasteiger partial charge in [0.15, 0.2) is 11.5 Å². The Morgan fingerprint density at radius 2 is 2.12 bits per heavy atom. The number of carbonyl (C=O) groups is 2. The van der Waals surface area contributed by atoms with Crippen LogP contribution in [-0.2, 0) is 4.79 Å². The molecular weight excluding hydrogens is 206 g/mol. The van der Waals surface area contributed by atoms with Crippen LogP contribution in [0.3, 0.4) is 0 Å². The van der Waals surface area contributed by atoms with Gasteiger partial charge in [-0.1, -0.05) is 0 Å². The summed E-state index contributed by atoms with van der Waals surface area (Å²) >= 11 is 0. The molecule has 4 nitrogen and oxygen atoms in total. The standard InChI is InChI=1S/C12H15NO3/c1-8-4-5-9(16-8)11(15)13-7-6-10(14)12(13,2)3/h4-5H,6-7H2,1-3H3. The molecule has 0 aliphatic carbocycles. The van der Waals surface area contributed by atoms with Gasteiger partial charge in [0.25, 0.3) is 5.91 Å². The van der Waals surface area contributed by atoms with Crippen LogP contribution in [0.25, 0.3) is 0 Å². The van der Waals surface area contributed by atoms with E-state index < -0.39 is 5.54 Å². The van der Waals surface area contributed by atoms with Crippen LogP contribution in [0.2, 0.25) is 0 Å². The van der Waals surface area contributed by atoms with Crippen LogP contribution in [0.1, 0.15) is 36.6 Å². The van der Waals surface area contributed by atoms with Crippen molar-refractivity contribution in [1.82, 2.24) is 4.90 Å². The highest BCUT2D eigenvalue weighted by molar-refractivity contribution is 6.00. The minimum atomic E-state index is -0.711. The van der Waals surface area contributed by atoms with Gasteiger partial charge >= 0.3 is 0 Å². The molecule has 1 aliphatic rings. The van der Waals surface area contributed by atoms with E-state index in [0.717, 1.165) is 0 Å². The number of nitrogens with zero attached hydrogens (tertiary/aromatic N) is 1. The Hall–Kier alpha value is -1.58. The Labute approximate surface area is 94.2 Å². The first-order valence-electron chi connectivity index (χ1n) is 5.34. The molecule has 0 bridgehead atoms. The predicted octanol–water partition coefficient (Wildman–Crippen LogP) is 1.78. The van der Waals surface area contributed by atoms with Gasteiger partial charge in [0.1, 0.15) is 5.76 Å². The first-order valence-corrected chi connectivity index (χ1v) is 5.34. The van der Waals surface area contributed by atoms with E-state index in [9.17, 15) is 9.59 Å². The lowest BCUT2D eigenvalue weighted by atomic mass is 10.0. The van der Waals surface area contributed by atoms with Crippen LogP contribution in [0.4, 0.5) is 0 Å². The number of ketones is 1. The van der Waals surface area contributed by atoms with E-state index in [1.54, 1.807) is 37.8 Å². The second-order valence-corrected chi connectivity index (χ2v) is 4.60. The molecule has 2 heterocycles. The molecule has 86 valence electrons. The molecule has 2 rings (SSSR count). The van der Waals surface area contributed by atoms with Gasteiger partial charge in [0.05, 0.1) is 5.54 Å². The summed E-state index contributed by atoms with van der Waals surface area (Å²) in [5.41, 5.74) is -0.711. The average Bonchev–Trinajstić information content (AvgIpc) is 2.73. The predicted molar refractivity (Wildman–Crippen MR) is 58.2 cm³/mol. The fourth-order valence-corrected chi connectivity index (χ4v) is 1.99. The maximum absolute atomic E-state index is 12.1. The summed E-state index contributed by atoms with van der Waals surface area (Å²) in [6.45, 7) is 5.81. The van der Waals surface area contributed by atoms with E-state index in [4.69, 9.17) is 4.42 Å². The number of carbonyl (C=O) groups excluding carboxylic acids is 2. The second kappa shape index (κ2) is 3.47. The van der Waals surface area contributed by atoms with E-state index in [1.807, 2.05) is 0 Å². The van der Waals surface area contributed by atoms with Crippen molar-refractivity contribution in [3.05, 3.63) is 23.7 Å². The van der Waals surface area contributed by atoms with Crippen molar-refractivity contribution in [2.24, 2.45) is 0 Å². The molecule has 1 saturated heterocycles. The van der Waals surface area contributed by atoms with Crippen molar-refractivity contribution in [2.75, 3.05) is 6.54 Å². The van der Waals surface area contributed by atoms with Crippen LogP contribution in [0, 0.1) is 6.92 Å². The number of Topliss-reactive ketones (excluding diaryl/α,β-unsaturated/α-hetero) is 1. The van der Waals surface area contributed by atoms with Gasteiger partial charge in [-0.05, 0) is 32.9 Å². The van der Waals surface area contributed by atoms with Gasteiger partial charge in [0.2, 0.25) is 0 Å². The lowest BCUT2D eigenvalue weighted by molar-refractivity contribution is -0.123. The van der Waals surface area contributed by atoms with Crippen LogP contribution < -0.4 is 0 Å². The van der Waals surface area contributed by atoms with Crippen LogP contribution in [0.15, 0.2) is 16.5 Å². The van der Waals surface area contributed by atoms with Crippen molar-refractivity contribution in [3.8, 4) is 0 Å². The maximum Gasteiger partial charge on any atom is 0.290 e. The highest BCUT2D eigenvalue weighted by Crippen LogP contribution is 2.27. The maximum atomic E-state index is 12.1. The molecule has 0 N–H and O–H groups in total. The number of hydrogen-bond donors (Lipinski definition) is 0. The molecule has 1 amide bonds. The van der Waals surface area contributed by atoms with Crippen molar-refractivity contribution in [1.29, 1.82) is 0 Å². The molecule has 0 aromatic carbocycles. The average molecular weight is 221 g/mol. The van der Waals surface area contributed by atoms with E-state index in [1.165, 1.54) is 0 Å². The molecule has 0 saturated carbocycles. The van der Waals surface area contributed by atoms with Crippen molar-refractivity contribution < 1.29 is 14.0 Å². The largest absolute Gasteiger partial charge is 0.456 e. The Balaban J connectivity index is 2.27. The highest BCUT2D eigenvalue weighted by atomic mass is 16.3. The van der Waals surface area contributed by atoms with Gasteiger partial charge < -0.3 is 9.32 Å². The summed E-state index contributed by atoms with van der Waals surface area (Å²) in [6.07, 6.45) is 0.429. The lowest BCUT2D eigenvalue weighted by Gasteiger charge is -2.29. The number of likely N-dealkylation sites (tertiary alicyclic amines) is 1. The van der Waals surface area contributed by atoms with E-state index in [-0.39, 0.29) is 11.7 Å². The molecule has 1 fully saturated rings. The summed E-state index contributed by atoms with van der Waals surface area (Å²) in [5, 5.41) is 0. The third-order valence-corrected chi connectivity index (χ3v) is 3.12. The topological polar surface area (TPSA) is 50.5 Å². The lowest BCUT2D eigenvalue weighted by Crippen LogP contribution is -2.46. The Morgan fingerprint density at radius 3 is 2.56 bits per heavy atom. The Bertz CT molecular complexity index is 445.